The van der Waals surface area contributed by atoms with E-state index in [1.165, 1.54) is 42.7 Å². The van der Waals surface area contributed by atoms with Gasteiger partial charge in [-0.1, -0.05) is 0 Å². The number of piperidine rings is 1. The van der Waals surface area contributed by atoms with E-state index in [-0.39, 0.29) is 46.6 Å². The topological polar surface area (TPSA) is 145 Å². The normalized spacial score (nSPS) is 13.8. The molecule has 11 nitrogen and oxygen atoms in total. The average Bonchev–Trinajstić information content (AvgIpc) is 2.89. The third kappa shape index (κ3) is 5.40. The molecule has 0 unspecified atom stereocenters. The Kier molecular flexibility index (Phi) is 7.38. The van der Waals surface area contributed by atoms with Crippen molar-refractivity contribution in [3.8, 4) is 17.4 Å². The molecule has 36 heavy (non-hydrogen) atoms. The van der Waals surface area contributed by atoms with Gasteiger partial charge in [-0.15, -0.1) is 0 Å². The lowest BCUT2D eigenvalue weighted by atomic mass is 9.97. The van der Waals surface area contributed by atoms with Crippen LogP contribution in [0.2, 0.25) is 0 Å². The number of anilines is 1. The van der Waals surface area contributed by atoms with Crippen molar-refractivity contribution in [2.75, 3.05) is 24.6 Å². The number of aromatic nitrogens is 2. The van der Waals surface area contributed by atoms with Crippen LogP contribution in [0.1, 0.15) is 35.7 Å². The summed E-state index contributed by atoms with van der Waals surface area (Å²) in [5.74, 6) is -0.550. The highest BCUT2D eigenvalue weighted by Gasteiger charge is 2.33. The Hall–Kier alpha value is -4.54. The maximum absolute atomic E-state index is 12.6. The number of esters is 1. The molecule has 11 heteroatoms. The van der Waals surface area contributed by atoms with E-state index in [1.54, 1.807) is 24.0 Å². The van der Waals surface area contributed by atoms with Gasteiger partial charge >= 0.3 is 17.5 Å². The Labute approximate surface area is 206 Å². The van der Waals surface area contributed by atoms with Crippen molar-refractivity contribution in [3.05, 3.63) is 76.1 Å². The van der Waals surface area contributed by atoms with E-state index >= 15 is 0 Å². The number of nitro groups is 1. The number of nitrogens with zero attached hydrogens (tertiary/aromatic N) is 4. The zero-order chi connectivity index (χ0) is 25.7. The standard InChI is InChI=1S/C25H24N4O7/c1-2-35-25(32)18-11-13-28(14-12-18)23-21(29(33)34)24(27-15-26-23)36-20-9-5-17(6-10-20)22(31)16-3-7-19(30)8-4-16/h3-10,15,18,30H,2,11-14H2,1H3. The van der Waals surface area contributed by atoms with Crippen molar-refractivity contribution >= 4 is 23.3 Å². The Morgan fingerprint density at radius 1 is 1.06 bits per heavy atom. The van der Waals surface area contributed by atoms with Crippen LogP contribution in [0, 0.1) is 16.0 Å². The van der Waals surface area contributed by atoms with Gasteiger partial charge in [-0.25, -0.2) is 4.98 Å². The summed E-state index contributed by atoms with van der Waals surface area (Å²) in [6.45, 7) is 2.85. The van der Waals surface area contributed by atoms with E-state index in [4.69, 9.17) is 9.47 Å². The molecule has 1 saturated heterocycles. The van der Waals surface area contributed by atoms with Crippen molar-refractivity contribution in [1.82, 2.24) is 9.97 Å². The van der Waals surface area contributed by atoms with Crippen molar-refractivity contribution < 1.29 is 29.1 Å². The molecule has 1 aliphatic rings. The van der Waals surface area contributed by atoms with Gasteiger partial charge in [0.25, 0.3) is 0 Å². The molecule has 1 aromatic heterocycles. The van der Waals surface area contributed by atoms with Gasteiger partial charge in [0.1, 0.15) is 17.8 Å². The highest BCUT2D eigenvalue weighted by molar-refractivity contribution is 6.09. The van der Waals surface area contributed by atoms with Crippen LogP contribution in [-0.2, 0) is 9.53 Å². The zero-order valence-electron chi connectivity index (χ0n) is 19.5. The number of carbonyl (C=O) groups excluding carboxylic acids is 2. The van der Waals surface area contributed by atoms with E-state index in [9.17, 15) is 24.8 Å². The lowest BCUT2D eigenvalue weighted by Crippen LogP contribution is -2.37. The molecular formula is C25H24N4O7. The van der Waals surface area contributed by atoms with E-state index in [0.29, 0.717) is 43.7 Å². The van der Waals surface area contributed by atoms with Crippen LogP contribution < -0.4 is 9.64 Å². The van der Waals surface area contributed by atoms with Crippen LogP contribution in [0.5, 0.6) is 17.4 Å². The summed E-state index contributed by atoms with van der Waals surface area (Å²) in [6.07, 6.45) is 2.18. The van der Waals surface area contributed by atoms with E-state index in [2.05, 4.69) is 9.97 Å². The molecule has 1 aliphatic heterocycles. The first kappa shape index (κ1) is 24.6. The average molecular weight is 492 g/mol. The molecule has 4 rings (SSSR count). The smallest absolute Gasteiger partial charge is 0.373 e. The SMILES string of the molecule is CCOC(=O)C1CCN(c2ncnc(Oc3ccc(C(=O)c4ccc(O)cc4)cc3)c2[N+](=O)[O-])CC1. The van der Waals surface area contributed by atoms with Crippen LogP contribution in [0.3, 0.4) is 0 Å². The maximum Gasteiger partial charge on any atom is 0.373 e. The van der Waals surface area contributed by atoms with Gasteiger partial charge < -0.3 is 19.5 Å². The Morgan fingerprint density at radius 2 is 1.67 bits per heavy atom. The molecule has 0 radical (unpaired) electrons. The second kappa shape index (κ2) is 10.8. The van der Waals surface area contributed by atoms with Gasteiger partial charge in [0.05, 0.1) is 17.4 Å². The fourth-order valence-corrected chi connectivity index (χ4v) is 3.97. The summed E-state index contributed by atoms with van der Waals surface area (Å²) < 4.78 is 10.8. The molecule has 2 aromatic carbocycles. The quantitative estimate of drug-likeness (QED) is 0.213. The molecule has 2 heterocycles. The molecule has 0 atom stereocenters. The van der Waals surface area contributed by atoms with Gasteiger partial charge in [0.2, 0.25) is 5.82 Å². The monoisotopic (exact) mass is 492 g/mol. The van der Waals surface area contributed by atoms with Crippen LogP contribution in [0.15, 0.2) is 54.9 Å². The predicted molar refractivity (Wildman–Crippen MR) is 128 cm³/mol. The van der Waals surface area contributed by atoms with Gasteiger partial charge in [-0.05, 0) is 68.3 Å². The van der Waals surface area contributed by atoms with Crippen LogP contribution in [0.25, 0.3) is 0 Å². The number of ketones is 1. The molecule has 0 aliphatic carbocycles. The number of carbonyl (C=O) groups is 2. The number of hydrogen-bond donors (Lipinski definition) is 1. The third-order valence-electron chi connectivity index (χ3n) is 5.83. The fourth-order valence-electron chi connectivity index (χ4n) is 3.97. The third-order valence-corrected chi connectivity index (χ3v) is 5.83. The summed E-state index contributed by atoms with van der Waals surface area (Å²) >= 11 is 0. The number of phenolic OH excluding ortho intramolecular Hbond substituents is 1. The Morgan fingerprint density at radius 3 is 2.25 bits per heavy atom. The molecule has 0 amide bonds. The number of rotatable bonds is 8. The second-order valence-corrected chi connectivity index (χ2v) is 8.12. The number of ether oxygens (including phenoxy) is 2. The minimum atomic E-state index is -0.592. The largest absolute Gasteiger partial charge is 0.508 e. The van der Waals surface area contributed by atoms with Crippen LogP contribution in [0.4, 0.5) is 11.5 Å². The molecule has 0 spiro atoms. The van der Waals surface area contributed by atoms with Crippen LogP contribution >= 0.6 is 0 Å². The highest BCUT2D eigenvalue weighted by Crippen LogP contribution is 2.37. The van der Waals surface area contributed by atoms with Gasteiger partial charge in [0, 0.05) is 24.2 Å². The molecule has 0 bridgehead atoms. The molecule has 0 saturated carbocycles. The summed E-state index contributed by atoms with van der Waals surface area (Å²) in [5.41, 5.74) is 0.413. The van der Waals surface area contributed by atoms with Gasteiger partial charge in [-0.3, -0.25) is 19.7 Å². The predicted octanol–water partition coefficient (Wildman–Crippen LogP) is 3.89. The summed E-state index contributed by atoms with van der Waals surface area (Å²) in [6, 6.07) is 12.0. The summed E-state index contributed by atoms with van der Waals surface area (Å²) in [7, 11) is 0. The summed E-state index contributed by atoms with van der Waals surface area (Å²) in [4.78, 5) is 45.8. The van der Waals surface area contributed by atoms with Crippen molar-refractivity contribution in [2.45, 2.75) is 19.8 Å². The first-order valence-electron chi connectivity index (χ1n) is 11.4. The van der Waals surface area contributed by atoms with Crippen molar-refractivity contribution in [2.24, 2.45) is 5.92 Å². The zero-order valence-corrected chi connectivity index (χ0v) is 19.5. The number of hydrogen-bond acceptors (Lipinski definition) is 10. The molecule has 3 aromatic rings. The molecule has 1 N–H and O–H groups in total. The minimum absolute atomic E-state index is 0.0597. The minimum Gasteiger partial charge on any atom is -0.508 e. The number of benzene rings is 2. The Balaban J connectivity index is 1.51. The first-order chi connectivity index (χ1) is 17.4. The number of aromatic hydroxyl groups is 1. The fraction of sp³-hybridized carbons (Fsp3) is 0.280. The van der Waals surface area contributed by atoms with E-state index in [1.807, 2.05) is 0 Å². The molecule has 186 valence electrons. The van der Waals surface area contributed by atoms with E-state index in [0.717, 1.165) is 0 Å². The van der Waals surface area contributed by atoms with Gasteiger partial charge in [0.15, 0.2) is 5.78 Å². The number of phenols is 1. The first-order valence-corrected chi connectivity index (χ1v) is 11.4. The lowest BCUT2D eigenvalue weighted by Gasteiger charge is -2.31. The van der Waals surface area contributed by atoms with E-state index < -0.39 is 4.92 Å². The molecule has 1 fully saturated rings. The maximum atomic E-state index is 12.6. The molecular weight excluding hydrogens is 468 g/mol. The highest BCUT2D eigenvalue weighted by atomic mass is 16.6. The second-order valence-electron chi connectivity index (χ2n) is 8.12. The Bertz CT molecular complexity index is 1250. The van der Waals surface area contributed by atoms with Crippen LogP contribution in [-0.4, -0.2) is 51.4 Å². The lowest BCUT2D eigenvalue weighted by molar-refractivity contribution is -0.385. The summed E-state index contributed by atoms with van der Waals surface area (Å²) in [5, 5.41) is 21.3. The van der Waals surface area contributed by atoms with Gasteiger partial charge in [-0.2, -0.15) is 4.98 Å². The van der Waals surface area contributed by atoms with Crippen molar-refractivity contribution in [3.63, 3.8) is 0 Å². The van der Waals surface area contributed by atoms with Crippen molar-refractivity contribution in [1.29, 1.82) is 0 Å².